The van der Waals surface area contributed by atoms with E-state index in [-0.39, 0.29) is 24.4 Å². The Morgan fingerprint density at radius 3 is 2.56 bits per heavy atom. The van der Waals surface area contributed by atoms with Crippen LogP contribution in [0.2, 0.25) is 0 Å². The fourth-order valence-corrected chi connectivity index (χ4v) is 4.64. The summed E-state index contributed by atoms with van der Waals surface area (Å²) < 4.78 is 0. The SMILES string of the molecule is O=C(NC1CCCCC1)C(=O)[C@@H]1CCCN1C(=O)CNC(=O)c1ccnc2ccccc12. The lowest BCUT2D eigenvalue weighted by molar-refractivity contribution is -0.144. The third kappa shape index (κ3) is 4.79. The minimum atomic E-state index is -0.759. The molecule has 2 heterocycles. The number of carbonyl (C=O) groups excluding carboxylic acids is 4. The zero-order valence-electron chi connectivity index (χ0n) is 18.0. The first-order valence-corrected chi connectivity index (χ1v) is 11.3. The van der Waals surface area contributed by atoms with Crippen molar-refractivity contribution in [3.8, 4) is 0 Å². The number of nitrogens with one attached hydrogen (secondary N) is 2. The molecule has 1 aromatic carbocycles. The van der Waals surface area contributed by atoms with E-state index in [4.69, 9.17) is 0 Å². The van der Waals surface area contributed by atoms with Crippen molar-refractivity contribution in [2.75, 3.05) is 13.1 Å². The van der Waals surface area contributed by atoms with Crippen LogP contribution in [0.3, 0.4) is 0 Å². The molecule has 2 fully saturated rings. The number of benzene rings is 1. The molecule has 1 aliphatic heterocycles. The second kappa shape index (κ2) is 9.89. The molecule has 1 saturated carbocycles. The topological polar surface area (TPSA) is 108 Å². The van der Waals surface area contributed by atoms with E-state index in [0.29, 0.717) is 35.9 Å². The lowest BCUT2D eigenvalue weighted by atomic mass is 9.95. The number of rotatable bonds is 6. The first kappa shape index (κ1) is 21.9. The summed E-state index contributed by atoms with van der Waals surface area (Å²) in [5.41, 5.74) is 1.13. The molecule has 2 aromatic rings. The number of likely N-dealkylation sites (tertiary alicyclic amines) is 1. The molecule has 0 unspecified atom stereocenters. The van der Waals surface area contributed by atoms with Gasteiger partial charge < -0.3 is 15.5 Å². The largest absolute Gasteiger partial charge is 0.347 e. The first-order valence-electron chi connectivity index (χ1n) is 11.3. The van der Waals surface area contributed by atoms with Crippen molar-refractivity contribution in [1.29, 1.82) is 0 Å². The van der Waals surface area contributed by atoms with E-state index in [1.165, 1.54) is 4.90 Å². The van der Waals surface area contributed by atoms with E-state index >= 15 is 0 Å². The second-order valence-corrected chi connectivity index (χ2v) is 8.48. The number of nitrogens with zero attached hydrogens (tertiary/aromatic N) is 2. The maximum Gasteiger partial charge on any atom is 0.289 e. The molecule has 1 saturated heterocycles. The number of fused-ring (bicyclic) bond motifs is 1. The van der Waals surface area contributed by atoms with Crippen molar-refractivity contribution in [3.05, 3.63) is 42.1 Å². The van der Waals surface area contributed by atoms with Crippen LogP contribution in [0.5, 0.6) is 0 Å². The van der Waals surface area contributed by atoms with Crippen LogP contribution in [-0.4, -0.2) is 58.6 Å². The summed E-state index contributed by atoms with van der Waals surface area (Å²) in [6.07, 6.45) is 7.72. The molecule has 8 heteroatoms. The van der Waals surface area contributed by atoms with Crippen LogP contribution in [0.25, 0.3) is 10.9 Å². The summed E-state index contributed by atoms with van der Waals surface area (Å²) in [5.74, 6) is -1.91. The maximum absolute atomic E-state index is 12.8. The summed E-state index contributed by atoms with van der Waals surface area (Å²) in [5, 5.41) is 6.20. The van der Waals surface area contributed by atoms with E-state index < -0.39 is 17.7 Å². The maximum atomic E-state index is 12.8. The van der Waals surface area contributed by atoms with Gasteiger partial charge in [-0.3, -0.25) is 24.2 Å². The summed E-state index contributed by atoms with van der Waals surface area (Å²) >= 11 is 0. The van der Waals surface area contributed by atoms with Gasteiger partial charge in [0.05, 0.1) is 17.6 Å². The standard InChI is InChI=1S/C24H28N4O4/c29-21(15-26-23(31)18-12-13-25-19-10-5-4-9-17(18)19)28-14-6-11-20(28)22(30)24(32)27-16-7-2-1-3-8-16/h4-5,9-10,12-13,16,20H,1-3,6-8,11,14-15H2,(H,26,31)(H,27,32)/t20-/m0/s1. The lowest BCUT2D eigenvalue weighted by Crippen LogP contribution is -2.51. The molecule has 0 spiro atoms. The average Bonchev–Trinajstić information content (AvgIpc) is 3.32. The zero-order valence-corrected chi connectivity index (χ0v) is 18.0. The Morgan fingerprint density at radius 2 is 1.75 bits per heavy atom. The Morgan fingerprint density at radius 1 is 0.969 bits per heavy atom. The van der Waals surface area contributed by atoms with Crippen LogP contribution in [0.4, 0.5) is 0 Å². The van der Waals surface area contributed by atoms with Crippen molar-refractivity contribution in [2.45, 2.75) is 57.0 Å². The highest BCUT2D eigenvalue weighted by Gasteiger charge is 2.37. The number of para-hydroxylation sites is 1. The molecule has 1 atom stereocenters. The van der Waals surface area contributed by atoms with Crippen LogP contribution in [0, 0.1) is 0 Å². The molecule has 4 rings (SSSR count). The molecular weight excluding hydrogens is 408 g/mol. The monoisotopic (exact) mass is 436 g/mol. The van der Waals surface area contributed by atoms with Gasteiger partial charge in [0.25, 0.3) is 11.8 Å². The van der Waals surface area contributed by atoms with Crippen LogP contribution in [0.15, 0.2) is 36.5 Å². The third-order valence-corrected chi connectivity index (χ3v) is 6.33. The van der Waals surface area contributed by atoms with E-state index in [9.17, 15) is 19.2 Å². The number of hydrogen-bond donors (Lipinski definition) is 2. The highest BCUT2D eigenvalue weighted by molar-refractivity contribution is 6.38. The molecular formula is C24H28N4O4. The molecule has 1 aliphatic carbocycles. The first-order chi connectivity index (χ1) is 15.5. The molecule has 168 valence electrons. The number of ketones is 1. The van der Waals surface area contributed by atoms with Gasteiger partial charge >= 0.3 is 0 Å². The van der Waals surface area contributed by atoms with E-state index in [2.05, 4.69) is 15.6 Å². The van der Waals surface area contributed by atoms with Crippen molar-refractivity contribution >= 4 is 34.4 Å². The molecule has 2 N–H and O–H groups in total. The van der Waals surface area contributed by atoms with Crippen molar-refractivity contribution in [1.82, 2.24) is 20.5 Å². The van der Waals surface area contributed by atoms with E-state index in [0.717, 1.165) is 32.1 Å². The summed E-state index contributed by atoms with van der Waals surface area (Å²) in [6.45, 7) is 0.170. The van der Waals surface area contributed by atoms with Gasteiger partial charge in [-0.15, -0.1) is 0 Å². The fraction of sp³-hybridized carbons (Fsp3) is 0.458. The number of aromatic nitrogens is 1. The predicted molar refractivity (Wildman–Crippen MR) is 119 cm³/mol. The van der Waals surface area contributed by atoms with Crippen molar-refractivity contribution in [3.63, 3.8) is 0 Å². The smallest absolute Gasteiger partial charge is 0.289 e. The lowest BCUT2D eigenvalue weighted by Gasteiger charge is -2.26. The van der Waals surface area contributed by atoms with Gasteiger partial charge in [-0.25, -0.2) is 0 Å². The van der Waals surface area contributed by atoms with Gasteiger partial charge in [0.2, 0.25) is 11.7 Å². The average molecular weight is 437 g/mol. The number of carbonyl (C=O) groups is 4. The molecule has 0 radical (unpaired) electrons. The summed E-state index contributed by atoms with van der Waals surface area (Å²) in [7, 11) is 0. The Hall–Kier alpha value is -3.29. The number of hydrogen-bond acceptors (Lipinski definition) is 5. The number of Topliss-reactive ketones (excluding diaryl/α,β-unsaturated/α-hetero) is 1. The fourth-order valence-electron chi connectivity index (χ4n) is 4.64. The summed E-state index contributed by atoms with van der Waals surface area (Å²) in [4.78, 5) is 56.3. The minimum absolute atomic E-state index is 0.0419. The molecule has 2 aliphatic rings. The molecule has 1 aromatic heterocycles. The Bertz CT molecular complexity index is 1030. The van der Waals surface area contributed by atoms with Crippen LogP contribution >= 0.6 is 0 Å². The van der Waals surface area contributed by atoms with Crippen LogP contribution in [-0.2, 0) is 14.4 Å². The molecule has 32 heavy (non-hydrogen) atoms. The summed E-state index contributed by atoms with van der Waals surface area (Å²) in [6, 6.07) is 8.18. The Labute approximate surface area is 186 Å². The van der Waals surface area contributed by atoms with E-state index in [1.807, 2.05) is 18.2 Å². The van der Waals surface area contributed by atoms with Crippen molar-refractivity contribution in [2.24, 2.45) is 0 Å². The van der Waals surface area contributed by atoms with Gasteiger partial charge in [0.1, 0.15) is 6.04 Å². The van der Waals surface area contributed by atoms with Crippen LogP contribution in [0.1, 0.15) is 55.3 Å². The molecule has 3 amide bonds. The van der Waals surface area contributed by atoms with E-state index in [1.54, 1.807) is 18.3 Å². The number of pyridine rings is 1. The van der Waals surface area contributed by atoms with Gasteiger partial charge in [-0.05, 0) is 37.8 Å². The quantitative estimate of drug-likeness (QED) is 0.673. The molecule has 8 nitrogen and oxygen atoms in total. The van der Waals surface area contributed by atoms with Gasteiger partial charge in [0.15, 0.2) is 0 Å². The van der Waals surface area contributed by atoms with Gasteiger partial charge in [-0.1, -0.05) is 37.5 Å². The second-order valence-electron chi connectivity index (χ2n) is 8.48. The highest BCUT2D eigenvalue weighted by Crippen LogP contribution is 2.21. The van der Waals surface area contributed by atoms with Crippen molar-refractivity contribution < 1.29 is 19.2 Å². The Balaban J connectivity index is 1.35. The molecule has 0 bridgehead atoms. The number of amides is 3. The van der Waals surface area contributed by atoms with Crippen LogP contribution < -0.4 is 10.6 Å². The minimum Gasteiger partial charge on any atom is -0.347 e. The van der Waals surface area contributed by atoms with Gasteiger partial charge in [-0.2, -0.15) is 0 Å². The third-order valence-electron chi connectivity index (χ3n) is 6.33. The Kier molecular flexibility index (Phi) is 6.78. The normalized spacial score (nSPS) is 19.0. The zero-order chi connectivity index (χ0) is 22.5. The van der Waals surface area contributed by atoms with Gasteiger partial charge in [0, 0.05) is 24.2 Å². The highest BCUT2D eigenvalue weighted by atomic mass is 16.2. The predicted octanol–water partition coefficient (Wildman–Crippen LogP) is 1.97.